The van der Waals surface area contributed by atoms with Crippen LogP contribution in [-0.2, 0) is 14.8 Å². The van der Waals surface area contributed by atoms with Gasteiger partial charge in [-0.05, 0) is 101 Å². The summed E-state index contributed by atoms with van der Waals surface area (Å²) in [4.78, 5) is 0. The molecule has 0 heterocycles. The lowest BCUT2D eigenvalue weighted by Crippen LogP contribution is -2.25. The largest absolute Gasteiger partial charge is 0.368 e. The van der Waals surface area contributed by atoms with E-state index in [1.165, 1.54) is 12.0 Å². The number of hydrogen-bond acceptors (Lipinski definition) is 3. The van der Waals surface area contributed by atoms with E-state index in [0.717, 1.165) is 53.5 Å². The minimum absolute atomic E-state index is 0.192. The van der Waals surface area contributed by atoms with E-state index >= 15 is 0 Å². The van der Waals surface area contributed by atoms with Crippen LogP contribution in [0.2, 0.25) is 0 Å². The molecule has 1 aliphatic carbocycles. The van der Waals surface area contributed by atoms with Crippen LogP contribution >= 0.6 is 0 Å². The smallest absolute Gasteiger partial charge is 0.233 e. The molecule has 1 N–H and O–H groups in total. The van der Waals surface area contributed by atoms with Crippen LogP contribution in [0.4, 0.5) is 5.69 Å². The van der Waals surface area contributed by atoms with E-state index in [-0.39, 0.29) is 23.4 Å². The third-order valence-corrected chi connectivity index (χ3v) is 8.00. The van der Waals surface area contributed by atoms with Crippen molar-refractivity contribution in [2.45, 2.75) is 92.3 Å². The van der Waals surface area contributed by atoms with Gasteiger partial charge in [0.05, 0.1) is 23.1 Å². The zero-order valence-electron chi connectivity index (χ0n) is 21.4. The summed E-state index contributed by atoms with van der Waals surface area (Å²) in [5.74, 6) is 0.460. The Morgan fingerprint density at radius 1 is 1.03 bits per heavy atom. The number of benzene rings is 2. The fraction of sp³-hybridized carbons (Fsp3) is 0.571. The van der Waals surface area contributed by atoms with Crippen LogP contribution in [0, 0.1) is 26.7 Å². The van der Waals surface area contributed by atoms with E-state index < -0.39 is 10.0 Å². The molecule has 4 nitrogen and oxygen atoms in total. The SMILES string of the molecule is Cc1ccc(-c2c(C)cc(NS(=O)(=O)CC3CCCCC3)c(C)c2C(C)OC(C)(C)C)cc1. The third kappa shape index (κ3) is 6.83. The van der Waals surface area contributed by atoms with Crippen LogP contribution in [0.25, 0.3) is 11.1 Å². The van der Waals surface area contributed by atoms with Crippen molar-refractivity contribution in [3.8, 4) is 11.1 Å². The van der Waals surface area contributed by atoms with Gasteiger partial charge in [0.1, 0.15) is 0 Å². The highest BCUT2D eigenvalue weighted by atomic mass is 32.2. The number of hydrogen-bond donors (Lipinski definition) is 1. The molecule has 5 heteroatoms. The van der Waals surface area contributed by atoms with Crippen molar-refractivity contribution < 1.29 is 13.2 Å². The summed E-state index contributed by atoms with van der Waals surface area (Å²) >= 11 is 0. The number of sulfonamides is 1. The van der Waals surface area contributed by atoms with E-state index in [0.29, 0.717) is 5.69 Å². The van der Waals surface area contributed by atoms with Gasteiger partial charge in [0.25, 0.3) is 0 Å². The van der Waals surface area contributed by atoms with E-state index in [1.807, 2.05) is 33.8 Å². The first-order valence-corrected chi connectivity index (χ1v) is 13.9. The third-order valence-electron chi connectivity index (χ3n) is 6.55. The summed E-state index contributed by atoms with van der Waals surface area (Å²) in [7, 11) is -3.43. The minimum Gasteiger partial charge on any atom is -0.368 e. The molecular formula is C28H41NO3S. The van der Waals surface area contributed by atoms with Gasteiger partial charge in [-0.15, -0.1) is 0 Å². The van der Waals surface area contributed by atoms with Gasteiger partial charge in [-0.2, -0.15) is 0 Å². The highest BCUT2D eigenvalue weighted by Gasteiger charge is 2.27. The average Bonchev–Trinajstić information content (AvgIpc) is 2.70. The lowest BCUT2D eigenvalue weighted by atomic mass is 9.88. The van der Waals surface area contributed by atoms with Crippen molar-refractivity contribution in [3.05, 3.63) is 52.6 Å². The molecule has 0 saturated heterocycles. The second-order valence-corrected chi connectivity index (χ2v) is 12.5. The van der Waals surface area contributed by atoms with E-state index in [9.17, 15) is 8.42 Å². The van der Waals surface area contributed by atoms with E-state index in [4.69, 9.17) is 4.74 Å². The number of ether oxygens (including phenoxy) is 1. The maximum atomic E-state index is 13.1. The molecule has 0 bridgehead atoms. The standard InChI is InChI=1S/C28H41NO3S/c1-19-13-15-24(16-14-19)26-20(2)17-25(21(3)27(26)22(4)32-28(5,6)7)29-33(30,31)18-23-11-9-8-10-12-23/h13-17,22-23,29H,8-12,18H2,1-7H3. The fourth-order valence-corrected chi connectivity index (χ4v) is 6.71. The van der Waals surface area contributed by atoms with Gasteiger partial charge in [-0.3, -0.25) is 4.72 Å². The molecule has 2 aromatic carbocycles. The zero-order chi connectivity index (χ0) is 24.4. The summed E-state index contributed by atoms with van der Waals surface area (Å²) in [5, 5.41) is 0. The van der Waals surface area contributed by atoms with Crippen LogP contribution in [-0.4, -0.2) is 19.8 Å². The number of anilines is 1. The summed E-state index contributed by atoms with van der Waals surface area (Å²) in [5.41, 5.74) is 6.82. The molecule has 1 fully saturated rings. The number of aryl methyl sites for hydroxylation is 2. The Morgan fingerprint density at radius 2 is 1.64 bits per heavy atom. The fourth-order valence-electron chi connectivity index (χ4n) is 5.12. The van der Waals surface area contributed by atoms with Crippen LogP contribution < -0.4 is 4.72 Å². The Labute approximate surface area is 201 Å². The normalized spacial score (nSPS) is 16.6. The Hall–Kier alpha value is -1.85. The second kappa shape index (κ2) is 10.2. The molecule has 0 radical (unpaired) electrons. The molecule has 0 spiro atoms. The van der Waals surface area contributed by atoms with Crippen LogP contribution in [0.3, 0.4) is 0 Å². The first-order chi connectivity index (χ1) is 15.4. The molecule has 182 valence electrons. The summed E-state index contributed by atoms with van der Waals surface area (Å²) in [6.07, 6.45) is 5.31. The van der Waals surface area contributed by atoms with Crippen molar-refractivity contribution in [1.82, 2.24) is 0 Å². The maximum absolute atomic E-state index is 13.1. The van der Waals surface area contributed by atoms with Gasteiger partial charge < -0.3 is 4.74 Å². The van der Waals surface area contributed by atoms with Gasteiger partial charge in [0.2, 0.25) is 10.0 Å². The zero-order valence-corrected chi connectivity index (χ0v) is 22.2. The highest BCUT2D eigenvalue weighted by Crippen LogP contribution is 2.40. The lowest BCUT2D eigenvalue weighted by molar-refractivity contribution is -0.0529. The number of nitrogens with one attached hydrogen (secondary N) is 1. The van der Waals surface area contributed by atoms with E-state index in [1.54, 1.807) is 0 Å². The average molecular weight is 472 g/mol. The Balaban J connectivity index is 2.04. The van der Waals surface area contributed by atoms with Crippen molar-refractivity contribution in [1.29, 1.82) is 0 Å². The Morgan fingerprint density at radius 3 is 2.21 bits per heavy atom. The highest BCUT2D eigenvalue weighted by molar-refractivity contribution is 7.92. The van der Waals surface area contributed by atoms with Gasteiger partial charge >= 0.3 is 0 Å². The van der Waals surface area contributed by atoms with Crippen molar-refractivity contribution in [2.75, 3.05) is 10.5 Å². The molecule has 1 unspecified atom stereocenters. The molecule has 0 aliphatic heterocycles. The van der Waals surface area contributed by atoms with Crippen molar-refractivity contribution in [3.63, 3.8) is 0 Å². The summed E-state index contributed by atoms with van der Waals surface area (Å²) < 4.78 is 35.5. The lowest BCUT2D eigenvalue weighted by Gasteiger charge is -2.30. The van der Waals surface area contributed by atoms with Crippen LogP contribution in [0.1, 0.15) is 88.2 Å². The summed E-state index contributed by atoms with van der Waals surface area (Å²) in [6, 6.07) is 10.5. The quantitative estimate of drug-likeness (QED) is 0.455. The monoisotopic (exact) mass is 471 g/mol. The summed E-state index contributed by atoms with van der Waals surface area (Å²) in [6.45, 7) is 14.4. The molecule has 0 amide bonds. The minimum atomic E-state index is -3.43. The van der Waals surface area contributed by atoms with Gasteiger partial charge in [0, 0.05) is 0 Å². The molecular weight excluding hydrogens is 430 g/mol. The van der Waals surface area contributed by atoms with E-state index in [2.05, 4.69) is 49.8 Å². The van der Waals surface area contributed by atoms with Crippen molar-refractivity contribution >= 4 is 15.7 Å². The molecule has 0 aromatic heterocycles. The van der Waals surface area contributed by atoms with Crippen LogP contribution in [0.5, 0.6) is 0 Å². The maximum Gasteiger partial charge on any atom is 0.233 e. The Kier molecular flexibility index (Phi) is 7.95. The second-order valence-electron chi connectivity index (χ2n) is 10.8. The predicted molar refractivity (Wildman–Crippen MR) is 139 cm³/mol. The predicted octanol–water partition coefficient (Wildman–Crippen LogP) is 7.48. The van der Waals surface area contributed by atoms with Gasteiger partial charge in [-0.25, -0.2) is 8.42 Å². The topological polar surface area (TPSA) is 55.4 Å². The molecule has 1 saturated carbocycles. The first-order valence-electron chi connectivity index (χ1n) is 12.3. The number of rotatable bonds is 7. The first kappa shape index (κ1) is 25.8. The van der Waals surface area contributed by atoms with Crippen molar-refractivity contribution in [2.24, 2.45) is 5.92 Å². The molecule has 1 aliphatic rings. The van der Waals surface area contributed by atoms with Gasteiger partial charge in [-0.1, -0.05) is 49.1 Å². The molecule has 1 atom stereocenters. The molecule has 33 heavy (non-hydrogen) atoms. The van der Waals surface area contributed by atoms with Gasteiger partial charge in [0.15, 0.2) is 0 Å². The Bertz CT molecular complexity index is 1060. The molecule has 3 rings (SSSR count). The molecule has 2 aromatic rings. The van der Waals surface area contributed by atoms with Crippen LogP contribution in [0.15, 0.2) is 30.3 Å².